The zero-order chi connectivity index (χ0) is 14.6. The summed E-state index contributed by atoms with van der Waals surface area (Å²) < 4.78 is 38.7. The highest BCUT2D eigenvalue weighted by Gasteiger charge is 2.34. The van der Waals surface area contributed by atoms with Gasteiger partial charge in [-0.3, -0.25) is 4.98 Å². The maximum atomic E-state index is 12.9. The smallest absolute Gasteiger partial charge is 0.323 e. The van der Waals surface area contributed by atoms with Crippen LogP contribution in [0.15, 0.2) is 53.7 Å². The molecule has 2 aromatic rings. The molecular formula is C14H13F3N2S. The second-order valence-electron chi connectivity index (χ2n) is 4.19. The van der Waals surface area contributed by atoms with Gasteiger partial charge in [-0.05, 0) is 23.8 Å². The number of pyridine rings is 1. The molecule has 2 N–H and O–H groups in total. The monoisotopic (exact) mass is 298 g/mol. The van der Waals surface area contributed by atoms with Crippen LogP contribution in [0.5, 0.6) is 0 Å². The number of benzene rings is 1. The van der Waals surface area contributed by atoms with Gasteiger partial charge in [-0.1, -0.05) is 18.2 Å². The van der Waals surface area contributed by atoms with Crippen LogP contribution in [0.25, 0.3) is 0 Å². The Balaban J connectivity index is 2.12. The van der Waals surface area contributed by atoms with Crippen molar-refractivity contribution in [2.45, 2.75) is 17.1 Å². The van der Waals surface area contributed by atoms with Crippen molar-refractivity contribution in [3.8, 4) is 0 Å². The summed E-state index contributed by atoms with van der Waals surface area (Å²) in [4.78, 5) is 4.81. The van der Waals surface area contributed by atoms with Crippen molar-refractivity contribution in [2.75, 3.05) is 5.75 Å². The van der Waals surface area contributed by atoms with Gasteiger partial charge in [0.05, 0.1) is 5.56 Å². The Morgan fingerprint density at radius 1 is 1.10 bits per heavy atom. The quantitative estimate of drug-likeness (QED) is 0.870. The van der Waals surface area contributed by atoms with Crippen LogP contribution in [0.2, 0.25) is 0 Å². The lowest BCUT2D eigenvalue weighted by Gasteiger charge is -2.18. The van der Waals surface area contributed by atoms with Crippen LogP contribution in [-0.2, 0) is 6.18 Å². The van der Waals surface area contributed by atoms with E-state index in [4.69, 9.17) is 5.73 Å². The number of halogens is 3. The van der Waals surface area contributed by atoms with Gasteiger partial charge in [0.2, 0.25) is 0 Å². The van der Waals surface area contributed by atoms with Gasteiger partial charge in [0.25, 0.3) is 0 Å². The van der Waals surface area contributed by atoms with E-state index in [1.54, 1.807) is 30.6 Å². The van der Waals surface area contributed by atoms with Gasteiger partial charge < -0.3 is 5.73 Å². The molecule has 0 spiro atoms. The van der Waals surface area contributed by atoms with Crippen molar-refractivity contribution < 1.29 is 13.2 Å². The van der Waals surface area contributed by atoms with Crippen molar-refractivity contribution in [3.05, 3.63) is 59.9 Å². The normalized spacial score (nSPS) is 13.2. The molecule has 1 aromatic heterocycles. The number of hydrogen-bond donors (Lipinski definition) is 1. The fraction of sp³-hybridized carbons (Fsp3) is 0.214. The van der Waals surface area contributed by atoms with E-state index in [-0.39, 0.29) is 5.56 Å². The number of alkyl halides is 3. The summed E-state index contributed by atoms with van der Waals surface area (Å²) in [6.07, 6.45) is -1.11. The van der Waals surface area contributed by atoms with E-state index in [2.05, 4.69) is 4.98 Å². The molecule has 0 aliphatic heterocycles. The number of aromatic nitrogens is 1. The molecule has 1 atom stereocenters. The molecule has 0 fully saturated rings. The summed E-state index contributed by atoms with van der Waals surface area (Å²) in [6, 6.07) is 8.36. The highest BCUT2D eigenvalue weighted by molar-refractivity contribution is 7.99. The molecule has 2 nitrogen and oxygen atoms in total. The van der Waals surface area contributed by atoms with Gasteiger partial charge in [0.1, 0.15) is 0 Å². The maximum absolute atomic E-state index is 12.9. The molecule has 0 saturated carbocycles. The number of nitrogens with zero attached hydrogens (tertiary/aromatic N) is 1. The van der Waals surface area contributed by atoms with E-state index in [0.29, 0.717) is 5.75 Å². The zero-order valence-corrected chi connectivity index (χ0v) is 11.3. The number of nitrogens with two attached hydrogens (primary N) is 1. The van der Waals surface area contributed by atoms with E-state index in [0.717, 1.165) is 11.0 Å². The number of thioether (sulfide) groups is 1. The Hall–Kier alpha value is -1.53. The first kappa shape index (κ1) is 14.9. The first-order valence-corrected chi connectivity index (χ1v) is 6.91. The molecule has 0 radical (unpaired) electrons. The van der Waals surface area contributed by atoms with Gasteiger partial charge >= 0.3 is 6.18 Å². The van der Waals surface area contributed by atoms with E-state index in [1.807, 2.05) is 0 Å². The third-order valence-electron chi connectivity index (χ3n) is 2.74. The number of hydrogen-bond acceptors (Lipinski definition) is 3. The molecular weight excluding hydrogens is 285 g/mol. The van der Waals surface area contributed by atoms with Crippen molar-refractivity contribution in [1.29, 1.82) is 0 Å². The zero-order valence-electron chi connectivity index (χ0n) is 10.5. The molecule has 106 valence electrons. The fourth-order valence-corrected chi connectivity index (χ4v) is 2.65. The van der Waals surface area contributed by atoms with Crippen LogP contribution in [0.1, 0.15) is 17.2 Å². The first-order chi connectivity index (χ1) is 9.48. The molecule has 1 heterocycles. The second kappa shape index (κ2) is 6.28. The van der Waals surface area contributed by atoms with Crippen LogP contribution in [0, 0.1) is 0 Å². The Morgan fingerprint density at radius 3 is 2.40 bits per heavy atom. The topological polar surface area (TPSA) is 38.9 Å². The lowest BCUT2D eigenvalue weighted by Crippen LogP contribution is -2.19. The molecule has 6 heteroatoms. The van der Waals surface area contributed by atoms with Crippen LogP contribution < -0.4 is 5.73 Å². The molecule has 0 bridgehead atoms. The standard InChI is InChI=1S/C14H13F3N2S/c15-14(16,17)12-4-2-1-3-11(12)13(18)9-20-10-5-7-19-8-6-10/h1-8,13H,9,18H2. The fourth-order valence-electron chi connectivity index (χ4n) is 1.79. The lowest BCUT2D eigenvalue weighted by atomic mass is 10.0. The lowest BCUT2D eigenvalue weighted by molar-refractivity contribution is -0.138. The third-order valence-corrected chi connectivity index (χ3v) is 3.88. The second-order valence-corrected chi connectivity index (χ2v) is 5.28. The minimum atomic E-state index is -4.38. The highest BCUT2D eigenvalue weighted by Crippen LogP contribution is 2.35. The predicted molar refractivity (Wildman–Crippen MR) is 73.3 cm³/mol. The molecule has 1 aromatic carbocycles. The number of rotatable bonds is 4. The van der Waals surface area contributed by atoms with Gasteiger partial charge in [-0.2, -0.15) is 13.2 Å². The molecule has 0 aliphatic rings. The van der Waals surface area contributed by atoms with Gasteiger partial charge in [0.15, 0.2) is 0 Å². The molecule has 1 unspecified atom stereocenters. The highest BCUT2D eigenvalue weighted by atomic mass is 32.2. The molecule has 20 heavy (non-hydrogen) atoms. The minimum absolute atomic E-state index is 0.126. The SMILES string of the molecule is NC(CSc1ccncc1)c1ccccc1C(F)(F)F. The molecule has 0 amide bonds. The predicted octanol–water partition coefficient (Wildman–Crippen LogP) is 3.89. The van der Waals surface area contributed by atoms with Crippen molar-refractivity contribution in [3.63, 3.8) is 0 Å². The summed E-state index contributed by atoms with van der Waals surface area (Å²) >= 11 is 1.41. The Kier molecular flexibility index (Phi) is 4.67. The third kappa shape index (κ3) is 3.74. The van der Waals surface area contributed by atoms with E-state index < -0.39 is 17.8 Å². The summed E-state index contributed by atoms with van der Waals surface area (Å²) in [5, 5.41) is 0. The van der Waals surface area contributed by atoms with Crippen molar-refractivity contribution in [2.24, 2.45) is 5.73 Å². The maximum Gasteiger partial charge on any atom is 0.416 e. The summed E-state index contributed by atoms with van der Waals surface area (Å²) in [6.45, 7) is 0. The molecule has 0 aliphatic carbocycles. The molecule has 2 rings (SSSR count). The summed E-state index contributed by atoms with van der Waals surface area (Å²) in [7, 11) is 0. The summed E-state index contributed by atoms with van der Waals surface area (Å²) in [5.41, 5.74) is 5.37. The Bertz CT molecular complexity index is 558. The summed E-state index contributed by atoms with van der Waals surface area (Å²) in [5.74, 6) is 0.372. The van der Waals surface area contributed by atoms with Crippen molar-refractivity contribution >= 4 is 11.8 Å². The Morgan fingerprint density at radius 2 is 1.75 bits per heavy atom. The van der Waals surface area contributed by atoms with Crippen LogP contribution in [-0.4, -0.2) is 10.7 Å². The van der Waals surface area contributed by atoms with E-state index in [1.165, 1.54) is 23.9 Å². The van der Waals surface area contributed by atoms with Crippen LogP contribution in [0.4, 0.5) is 13.2 Å². The van der Waals surface area contributed by atoms with E-state index >= 15 is 0 Å². The average molecular weight is 298 g/mol. The van der Waals surface area contributed by atoms with Gasteiger partial charge in [0, 0.05) is 29.1 Å². The van der Waals surface area contributed by atoms with Gasteiger partial charge in [-0.25, -0.2) is 0 Å². The van der Waals surface area contributed by atoms with Gasteiger partial charge in [-0.15, -0.1) is 11.8 Å². The first-order valence-electron chi connectivity index (χ1n) is 5.93. The molecule has 0 saturated heterocycles. The van der Waals surface area contributed by atoms with Crippen LogP contribution >= 0.6 is 11.8 Å². The average Bonchev–Trinajstić information content (AvgIpc) is 2.45. The van der Waals surface area contributed by atoms with E-state index in [9.17, 15) is 13.2 Å². The van der Waals surface area contributed by atoms with Crippen LogP contribution in [0.3, 0.4) is 0 Å². The van der Waals surface area contributed by atoms with Crippen molar-refractivity contribution in [1.82, 2.24) is 4.98 Å². The Labute approximate surface area is 119 Å². The minimum Gasteiger partial charge on any atom is -0.323 e. The largest absolute Gasteiger partial charge is 0.416 e.